The number of para-hydroxylation sites is 2. The van der Waals surface area contributed by atoms with Crippen LogP contribution in [0, 0.1) is 0 Å². The van der Waals surface area contributed by atoms with Gasteiger partial charge in [0.1, 0.15) is 17.3 Å². The number of nitrogens with one attached hydrogen (secondary N) is 2. The Labute approximate surface area is 258 Å². The number of hydrogen-bond acceptors (Lipinski definition) is 7. The van der Waals surface area contributed by atoms with Crippen molar-refractivity contribution in [2.24, 2.45) is 0 Å². The second kappa shape index (κ2) is 11.8. The molecule has 0 atom stereocenters. The third kappa shape index (κ3) is 5.86. The van der Waals surface area contributed by atoms with Gasteiger partial charge in [-0.1, -0.05) is 68.5 Å². The van der Waals surface area contributed by atoms with E-state index >= 15 is 0 Å². The van der Waals surface area contributed by atoms with E-state index in [1.807, 2.05) is 78.9 Å². The molecule has 3 aromatic carbocycles. The van der Waals surface area contributed by atoms with Gasteiger partial charge < -0.3 is 14.8 Å². The molecular formula is C33H32N6O4S. The van der Waals surface area contributed by atoms with E-state index in [1.54, 1.807) is 16.0 Å². The molecule has 0 spiro atoms. The van der Waals surface area contributed by atoms with Gasteiger partial charge >= 0.3 is 12.0 Å². The maximum atomic E-state index is 13.1. The fourth-order valence-electron chi connectivity index (χ4n) is 4.73. The largest absolute Gasteiger partial charge is 0.461 e. The van der Waals surface area contributed by atoms with Crippen LogP contribution in [0.2, 0.25) is 0 Å². The SMILES string of the molecule is CCOC(=O)c1cnc2sc3cc(Oc4ccccc4CNC(=O)Nc4cc(C(C)(C)C)nn4-c4ccccc4)ccc3n12. The van der Waals surface area contributed by atoms with Crippen molar-refractivity contribution in [3.05, 3.63) is 102 Å². The second-order valence-electron chi connectivity index (χ2n) is 11.1. The van der Waals surface area contributed by atoms with Crippen molar-refractivity contribution in [1.82, 2.24) is 24.5 Å². The van der Waals surface area contributed by atoms with E-state index in [2.05, 4.69) is 36.4 Å². The number of carbonyl (C=O) groups is 2. The van der Waals surface area contributed by atoms with Crippen molar-refractivity contribution >= 4 is 44.3 Å². The highest BCUT2D eigenvalue weighted by atomic mass is 32.1. The maximum absolute atomic E-state index is 13.1. The minimum absolute atomic E-state index is 0.192. The van der Waals surface area contributed by atoms with E-state index in [-0.39, 0.29) is 18.0 Å². The summed E-state index contributed by atoms with van der Waals surface area (Å²) in [5.74, 6) is 1.40. The normalized spacial score (nSPS) is 11.5. The zero-order chi connectivity index (χ0) is 30.8. The molecule has 6 aromatic rings. The number of esters is 1. The lowest BCUT2D eigenvalue weighted by molar-refractivity contribution is 0.0518. The van der Waals surface area contributed by atoms with Crippen LogP contribution in [-0.4, -0.2) is 37.8 Å². The topological polar surface area (TPSA) is 112 Å². The Bertz CT molecular complexity index is 1970. The fourth-order valence-corrected chi connectivity index (χ4v) is 5.76. The number of amides is 2. The van der Waals surface area contributed by atoms with Gasteiger partial charge in [-0.2, -0.15) is 5.10 Å². The van der Waals surface area contributed by atoms with Gasteiger partial charge in [0.25, 0.3) is 0 Å². The second-order valence-corrected chi connectivity index (χ2v) is 12.2. The number of carbonyl (C=O) groups excluding carboxylic acids is 2. The Hall–Kier alpha value is -5.16. The number of benzene rings is 3. The van der Waals surface area contributed by atoms with Crippen LogP contribution in [0.3, 0.4) is 0 Å². The lowest BCUT2D eigenvalue weighted by Crippen LogP contribution is -2.29. The first-order valence-corrected chi connectivity index (χ1v) is 15.1. The zero-order valence-electron chi connectivity index (χ0n) is 24.8. The van der Waals surface area contributed by atoms with Crippen molar-refractivity contribution in [1.29, 1.82) is 0 Å². The average Bonchev–Trinajstić information content (AvgIpc) is 3.71. The maximum Gasteiger partial charge on any atom is 0.357 e. The monoisotopic (exact) mass is 608 g/mol. The molecule has 0 aliphatic carbocycles. The molecular weight excluding hydrogens is 576 g/mol. The highest BCUT2D eigenvalue weighted by Crippen LogP contribution is 2.33. The molecule has 0 bridgehead atoms. The van der Waals surface area contributed by atoms with Gasteiger partial charge in [0.2, 0.25) is 0 Å². The molecule has 2 amide bonds. The fraction of sp³-hybridized carbons (Fsp3) is 0.212. The van der Waals surface area contributed by atoms with Crippen molar-refractivity contribution in [3.63, 3.8) is 0 Å². The number of thiazole rings is 1. The number of fused-ring (bicyclic) bond motifs is 3. The first-order valence-electron chi connectivity index (χ1n) is 14.2. The smallest absolute Gasteiger partial charge is 0.357 e. The van der Waals surface area contributed by atoms with E-state index in [0.29, 0.717) is 34.6 Å². The Balaban J connectivity index is 1.18. The van der Waals surface area contributed by atoms with Crippen LogP contribution >= 0.6 is 11.3 Å². The van der Waals surface area contributed by atoms with E-state index in [0.717, 1.165) is 27.2 Å². The average molecular weight is 609 g/mol. The molecule has 0 unspecified atom stereocenters. The van der Waals surface area contributed by atoms with Crippen LogP contribution in [0.25, 0.3) is 20.9 Å². The number of aromatic nitrogens is 4. The van der Waals surface area contributed by atoms with Crippen molar-refractivity contribution in [3.8, 4) is 17.2 Å². The van der Waals surface area contributed by atoms with Crippen LogP contribution in [0.5, 0.6) is 11.5 Å². The molecule has 2 N–H and O–H groups in total. The highest BCUT2D eigenvalue weighted by Gasteiger charge is 2.22. The third-order valence-corrected chi connectivity index (χ3v) is 7.96. The Morgan fingerprint density at radius 1 is 0.977 bits per heavy atom. The first-order chi connectivity index (χ1) is 21.2. The molecule has 11 heteroatoms. The summed E-state index contributed by atoms with van der Waals surface area (Å²) in [6.07, 6.45) is 1.53. The number of ether oxygens (including phenoxy) is 2. The molecule has 44 heavy (non-hydrogen) atoms. The quantitative estimate of drug-likeness (QED) is 0.175. The molecule has 3 heterocycles. The minimum atomic E-state index is -0.412. The standard InChI is InChI=1S/C33H32N6O4S/c1-5-42-30(40)25-20-35-32-38(25)24-16-15-23(17-27(24)44-32)43-26-14-10-9-11-21(26)19-34-31(41)36-29-18-28(33(2,3)4)37-39(29)22-12-7-6-8-13-22/h6-18,20H,5,19H2,1-4H3,(H2,34,36,41). The molecule has 10 nitrogen and oxygen atoms in total. The summed E-state index contributed by atoms with van der Waals surface area (Å²) >= 11 is 1.46. The van der Waals surface area contributed by atoms with Gasteiger partial charge in [0, 0.05) is 29.7 Å². The predicted molar refractivity (Wildman–Crippen MR) is 171 cm³/mol. The van der Waals surface area contributed by atoms with Crippen molar-refractivity contribution < 1.29 is 19.1 Å². The lowest BCUT2D eigenvalue weighted by atomic mass is 9.92. The molecule has 0 aliphatic rings. The summed E-state index contributed by atoms with van der Waals surface area (Å²) < 4.78 is 15.9. The van der Waals surface area contributed by atoms with Gasteiger partial charge in [0.15, 0.2) is 10.7 Å². The number of hydrogen-bond donors (Lipinski definition) is 2. The number of anilines is 1. The highest BCUT2D eigenvalue weighted by molar-refractivity contribution is 7.23. The van der Waals surface area contributed by atoms with Crippen molar-refractivity contribution in [2.75, 3.05) is 11.9 Å². The van der Waals surface area contributed by atoms with Crippen LogP contribution in [0.15, 0.2) is 85.1 Å². The van der Waals surface area contributed by atoms with E-state index in [9.17, 15) is 9.59 Å². The van der Waals surface area contributed by atoms with E-state index < -0.39 is 5.97 Å². The Kier molecular flexibility index (Phi) is 7.79. The molecule has 0 radical (unpaired) electrons. The van der Waals surface area contributed by atoms with Gasteiger partial charge in [-0.25, -0.2) is 19.3 Å². The molecule has 224 valence electrons. The van der Waals surface area contributed by atoms with E-state index in [4.69, 9.17) is 14.6 Å². The third-order valence-electron chi connectivity index (χ3n) is 6.95. The molecule has 0 saturated carbocycles. The molecule has 0 saturated heterocycles. The van der Waals surface area contributed by atoms with Crippen molar-refractivity contribution in [2.45, 2.75) is 39.7 Å². The number of imidazole rings is 1. The predicted octanol–water partition coefficient (Wildman–Crippen LogP) is 7.32. The number of nitrogens with zero attached hydrogens (tertiary/aromatic N) is 4. The summed E-state index contributed by atoms with van der Waals surface area (Å²) in [6.45, 7) is 8.56. The van der Waals surface area contributed by atoms with Crippen LogP contribution in [-0.2, 0) is 16.7 Å². The Morgan fingerprint density at radius 3 is 2.52 bits per heavy atom. The van der Waals surface area contributed by atoms with Gasteiger partial charge in [-0.3, -0.25) is 9.72 Å². The first kappa shape index (κ1) is 28.9. The van der Waals surface area contributed by atoms with Crippen LogP contribution in [0.1, 0.15) is 49.4 Å². The van der Waals surface area contributed by atoms with Crippen LogP contribution < -0.4 is 15.4 Å². The summed E-state index contributed by atoms with van der Waals surface area (Å²) in [5.41, 5.74) is 3.56. The summed E-state index contributed by atoms with van der Waals surface area (Å²) in [5, 5.41) is 10.7. The lowest BCUT2D eigenvalue weighted by Gasteiger charge is -2.14. The summed E-state index contributed by atoms with van der Waals surface area (Å²) in [7, 11) is 0. The molecule has 0 fully saturated rings. The zero-order valence-corrected chi connectivity index (χ0v) is 25.6. The Morgan fingerprint density at radius 2 is 1.75 bits per heavy atom. The summed E-state index contributed by atoms with van der Waals surface area (Å²) in [6, 6.07) is 24.4. The van der Waals surface area contributed by atoms with Crippen LogP contribution in [0.4, 0.5) is 10.6 Å². The van der Waals surface area contributed by atoms with Gasteiger partial charge in [-0.15, -0.1) is 0 Å². The van der Waals surface area contributed by atoms with E-state index in [1.165, 1.54) is 17.5 Å². The van der Waals surface area contributed by atoms with Gasteiger partial charge in [-0.05, 0) is 37.3 Å². The molecule has 0 aliphatic heterocycles. The molecule has 3 aromatic heterocycles. The van der Waals surface area contributed by atoms with Gasteiger partial charge in [0.05, 0.1) is 34.4 Å². The summed E-state index contributed by atoms with van der Waals surface area (Å²) in [4.78, 5) is 30.6. The minimum Gasteiger partial charge on any atom is -0.461 e. The number of rotatable bonds is 8. The molecule has 6 rings (SSSR count). The number of urea groups is 1.